The molecule has 1 aliphatic rings. The molecule has 1 N–H and O–H groups in total. The van der Waals surface area contributed by atoms with Crippen molar-refractivity contribution in [3.8, 4) is 0 Å². The summed E-state index contributed by atoms with van der Waals surface area (Å²) in [6.07, 6.45) is 0. The smallest absolute Gasteiger partial charge is 0.193 e. The van der Waals surface area contributed by atoms with Gasteiger partial charge in [0.2, 0.25) is 0 Å². The third kappa shape index (κ3) is 5.25. The number of halogens is 2. The minimum Gasteiger partial charge on any atom is -0.355 e. The van der Waals surface area contributed by atoms with E-state index in [-0.39, 0.29) is 35.1 Å². The van der Waals surface area contributed by atoms with Gasteiger partial charge in [-0.2, -0.15) is 0 Å². The molecular formula is C18H29ClIN3O2S. The monoisotopic (exact) mass is 513 g/mol. The summed E-state index contributed by atoms with van der Waals surface area (Å²) in [5.74, 6) is 0.886. The lowest BCUT2D eigenvalue weighted by molar-refractivity contribution is 0.349. The predicted molar refractivity (Wildman–Crippen MR) is 121 cm³/mol. The molecule has 0 atom stereocenters. The number of sulfone groups is 1. The number of nitrogens with zero attached hydrogens (tertiary/aromatic N) is 2. The van der Waals surface area contributed by atoms with Crippen LogP contribution in [0.2, 0.25) is 5.02 Å². The van der Waals surface area contributed by atoms with E-state index in [1.165, 1.54) is 0 Å². The number of nitrogens with one attached hydrogen (secondary N) is 1. The Kier molecular flexibility index (Phi) is 7.81. The molecule has 26 heavy (non-hydrogen) atoms. The number of hydrogen-bond acceptors (Lipinski definition) is 3. The summed E-state index contributed by atoms with van der Waals surface area (Å²) < 4.78 is 23.6. The highest BCUT2D eigenvalue weighted by Gasteiger charge is 2.41. The van der Waals surface area contributed by atoms with Crippen molar-refractivity contribution in [2.24, 2.45) is 4.99 Å². The van der Waals surface area contributed by atoms with E-state index in [4.69, 9.17) is 11.6 Å². The molecule has 148 valence electrons. The van der Waals surface area contributed by atoms with E-state index in [0.717, 1.165) is 16.5 Å². The predicted octanol–water partition coefficient (Wildman–Crippen LogP) is 3.32. The lowest BCUT2D eigenvalue weighted by atomic mass is 9.84. The van der Waals surface area contributed by atoms with Crippen LogP contribution in [0.3, 0.4) is 0 Å². The first kappa shape index (κ1) is 23.5. The van der Waals surface area contributed by atoms with E-state index >= 15 is 0 Å². The molecular weight excluding hydrogens is 485 g/mol. The second-order valence-electron chi connectivity index (χ2n) is 7.80. The zero-order chi connectivity index (χ0) is 18.9. The van der Waals surface area contributed by atoms with E-state index in [1.807, 2.05) is 23.1 Å². The standard InChI is InChI=1S/C18H28ClN3O2S.HI/c1-17(2,14-7-6-8-15(19)11-14)12-21-16(20-5)22-9-10-25(23,24)18(3,4)13-22;/h6-8,11H,9-10,12-13H2,1-5H3,(H,20,21);1H. The van der Waals surface area contributed by atoms with Gasteiger partial charge in [0.25, 0.3) is 0 Å². The highest BCUT2D eigenvalue weighted by Crippen LogP contribution is 2.26. The minimum absolute atomic E-state index is 0. The van der Waals surface area contributed by atoms with Crippen molar-refractivity contribution < 1.29 is 8.42 Å². The number of rotatable bonds is 3. The highest BCUT2D eigenvalue weighted by molar-refractivity contribution is 14.0. The summed E-state index contributed by atoms with van der Waals surface area (Å²) in [6.45, 7) is 9.40. The molecule has 0 amide bonds. The molecule has 1 saturated heterocycles. The molecule has 1 heterocycles. The molecule has 0 spiro atoms. The molecule has 0 saturated carbocycles. The Hall–Kier alpha value is -0.540. The van der Waals surface area contributed by atoms with Crippen LogP contribution in [0.5, 0.6) is 0 Å². The van der Waals surface area contributed by atoms with Crippen molar-refractivity contribution in [1.29, 1.82) is 0 Å². The van der Waals surface area contributed by atoms with Crippen molar-refractivity contribution in [3.05, 3.63) is 34.9 Å². The van der Waals surface area contributed by atoms with Crippen LogP contribution in [0.25, 0.3) is 0 Å². The lowest BCUT2D eigenvalue weighted by Gasteiger charge is -2.40. The quantitative estimate of drug-likeness (QED) is 0.383. The zero-order valence-corrected chi connectivity index (χ0v) is 19.9. The first-order chi connectivity index (χ1) is 11.5. The maximum Gasteiger partial charge on any atom is 0.193 e. The molecule has 0 unspecified atom stereocenters. The van der Waals surface area contributed by atoms with E-state index in [0.29, 0.717) is 19.6 Å². The number of hydrogen-bond donors (Lipinski definition) is 1. The average Bonchev–Trinajstić information content (AvgIpc) is 2.51. The van der Waals surface area contributed by atoms with Gasteiger partial charge in [-0.3, -0.25) is 4.99 Å². The Balaban J connectivity index is 0.00000338. The zero-order valence-electron chi connectivity index (χ0n) is 16.0. The molecule has 1 aromatic rings. The summed E-state index contributed by atoms with van der Waals surface area (Å²) in [5.41, 5.74) is 1.00. The molecule has 0 aromatic heterocycles. The van der Waals surface area contributed by atoms with Crippen LogP contribution in [-0.4, -0.2) is 56.5 Å². The summed E-state index contributed by atoms with van der Waals surface area (Å²) >= 11 is 6.11. The van der Waals surface area contributed by atoms with Gasteiger partial charge in [0.1, 0.15) is 0 Å². The van der Waals surface area contributed by atoms with Crippen LogP contribution in [0.15, 0.2) is 29.3 Å². The Bertz CT molecular complexity index is 763. The van der Waals surface area contributed by atoms with Crippen molar-refractivity contribution in [2.75, 3.05) is 32.4 Å². The van der Waals surface area contributed by atoms with Gasteiger partial charge in [-0.25, -0.2) is 8.42 Å². The SMILES string of the molecule is CN=C(NCC(C)(C)c1cccc(Cl)c1)N1CCS(=O)(=O)C(C)(C)C1.I. The van der Waals surface area contributed by atoms with Gasteiger partial charge in [-0.15, -0.1) is 24.0 Å². The number of benzene rings is 1. The van der Waals surface area contributed by atoms with E-state index in [1.54, 1.807) is 20.9 Å². The summed E-state index contributed by atoms with van der Waals surface area (Å²) in [7, 11) is -1.34. The first-order valence-corrected chi connectivity index (χ1v) is 10.5. The Morgan fingerprint density at radius 2 is 2.04 bits per heavy atom. The summed E-state index contributed by atoms with van der Waals surface area (Å²) in [5, 5.41) is 4.12. The molecule has 1 fully saturated rings. The van der Waals surface area contributed by atoms with Crippen molar-refractivity contribution in [1.82, 2.24) is 10.2 Å². The lowest BCUT2D eigenvalue weighted by Crippen LogP contribution is -2.58. The second kappa shape index (κ2) is 8.65. The molecule has 0 aliphatic carbocycles. The number of guanidine groups is 1. The maximum atomic E-state index is 12.2. The van der Waals surface area contributed by atoms with Gasteiger partial charge in [0.15, 0.2) is 15.8 Å². The van der Waals surface area contributed by atoms with Gasteiger partial charge in [-0.05, 0) is 31.5 Å². The molecule has 1 aromatic carbocycles. The minimum atomic E-state index is -3.07. The van der Waals surface area contributed by atoms with Gasteiger partial charge < -0.3 is 10.2 Å². The van der Waals surface area contributed by atoms with Crippen LogP contribution in [0.1, 0.15) is 33.3 Å². The molecule has 8 heteroatoms. The first-order valence-electron chi connectivity index (χ1n) is 8.42. The van der Waals surface area contributed by atoms with Gasteiger partial charge in [-0.1, -0.05) is 37.6 Å². The van der Waals surface area contributed by atoms with Crippen LogP contribution in [0, 0.1) is 0 Å². The van der Waals surface area contributed by atoms with Crippen LogP contribution in [-0.2, 0) is 15.3 Å². The van der Waals surface area contributed by atoms with E-state index < -0.39 is 14.6 Å². The fourth-order valence-corrected chi connectivity index (χ4v) is 4.52. The van der Waals surface area contributed by atoms with Crippen molar-refractivity contribution >= 4 is 51.4 Å². The summed E-state index contributed by atoms with van der Waals surface area (Å²) in [6, 6.07) is 7.85. The molecule has 5 nitrogen and oxygen atoms in total. The number of aliphatic imine (C=N–C) groups is 1. The second-order valence-corrected chi connectivity index (χ2v) is 11.0. The van der Waals surface area contributed by atoms with Gasteiger partial charge in [0.05, 0.1) is 10.5 Å². The Morgan fingerprint density at radius 1 is 1.38 bits per heavy atom. The highest BCUT2D eigenvalue weighted by atomic mass is 127. The van der Waals surface area contributed by atoms with Crippen LogP contribution in [0.4, 0.5) is 0 Å². The average molecular weight is 514 g/mol. The molecule has 0 bridgehead atoms. The van der Waals surface area contributed by atoms with E-state index in [2.05, 4.69) is 30.2 Å². The molecule has 0 radical (unpaired) electrons. The van der Waals surface area contributed by atoms with Crippen molar-refractivity contribution in [2.45, 2.75) is 37.9 Å². The van der Waals surface area contributed by atoms with E-state index in [9.17, 15) is 8.42 Å². The fraction of sp³-hybridized carbons (Fsp3) is 0.611. The summed E-state index contributed by atoms with van der Waals surface area (Å²) in [4.78, 5) is 6.37. The fourth-order valence-electron chi connectivity index (χ4n) is 2.97. The Morgan fingerprint density at radius 3 is 2.58 bits per heavy atom. The Labute approximate surface area is 179 Å². The van der Waals surface area contributed by atoms with Crippen molar-refractivity contribution in [3.63, 3.8) is 0 Å². The van der Waals surface area contributed by atoms with Gasteiger partial charge in [0, 0.05) is 37.1 Å². The third-order valence-corrected chi connectivity index (χ3v) is 7.62. The molecule has 1 aliphatic heterocycles. The normalized spacial score (nSPS) is 19.6. The third-order valence-electron chi connectivity index (χ3n) is 4.85. The van der Waals surface area contributed by atoms with Crippen LogP contribution >= 0.6 is 35.6 Å². The van der Waals surface area contributed by atoms with Gasteiger partial charge >= 0.3 is 0 Å². The molecule has 2 rings (SSSR count). The maximum absolute atomic E-state index is 12.2. The largest absolute Gasteiger partial charge is 0.355 e. The topological polar surface area (TPSA) is 61.8 Å². The van der Waals surface area contributed by atoms with Crippen LogP contribution < -0.4 is 5.32 Å².